The number of nitrogens with one attached hydrogen (secondary N) is 2. The summed E-state index contributed by atoms with van der Waals surface area (Å²) in [5, 5.41) is 9.05. The van der Waals surface area contributed by atoms with Gasteiger partial charge in [0, 0.05) is 25.8 Å². The molecule has 4 nitrogen and oxygen atoms in total. The predicted molar refractivity (Wildman–Crippen MR) is 51.1 cm³/mol. The van der Waals surface area contributed by atoms with Crippen LogP contribution in [0.3, 0.4) is 0 Å². The van der Waals surface area contributed by atoms with E-state index in [1.165, 1.54) is 24.9 Å². The Hall–Kier alpha value is -0.870. The van der Waals surface area contributed by atoms with Crippen LogP contribution in [-0.2, 0) is 6.42 Å². The van der Waals surface area contributed by atoms with Crippen LogP contribution in [0.25, 0.3) is 0 Å². The van der Waals surface area contributed by atoms with Gasteiger partial charge >= 0.3 is 0 Å². The first-order valence-electron chi connectivity index (χ1n) is 4.91. The Morgan fingerprint density at radius 2 is 2.46 bits per heavy atom. The van der Waals surface area contributed by atoms with Gasteiger partial charge in [-0.15, -0.1) is 0 Å². The van der Waals surface area contributed by atoms with Crippen LogP contribution < -0.4 is 5.43 Å². The quantitative estimate of drug-likeness (QED) is 0.714. The molecule has 0 amide bonds. The molecule has 0 unspecified atom stereocenters. The van der Waals surface area contributed by atoms with E-state index in [4.69, 9.17) is 0 Å². The highest BCUT2D eigenvalue weighted by molar-refractivity contribution is 5.02. The number of rotatable bonds is 3. The third-order valence-corrected chi connectivity index (χ3v) is 2.42. The topological polar surface area (TPSA) is 44.0 Å². The first-order chi connectivity index (χ1) is 6.45. The van der Waals surface area contributed by atoms with Gasteiger partial charge in [-0.1, -0.05) is 0 Å². The molecule has 72 valence electrons. The van der Waals surface area contributed by atoms with Crippen molar-refractivity contribution in [1.29, 1.82) is 0 Å². The number of aromatic nitrogens is 2. The number of hydrogen-bond acceptors (Lipinski definition) is 3. The summed E-state index contributed by atoms with van der Waals surface area (Å²) in [5.41, 5.74) is 4.67. The van der Waals surface area contributed by atoms with Gasteiger partial charge in [-0.2, -0.15) is 5.10 Å². The minimum atomic E-state index is 1.07. The van der Waals surface area contributed by atoms with Gasteiger partial charge < -0.3 is 0 Å². The highest BCUT2D eigenvalue weighted by atomic mass is 15.5. The second-order valence-electron chi connectivity index (χ2n) is 3.46. The molecule has 2 heterocycles. The molecule has 2 rings (SSSR count). The van der Waals surface area contributed by atoms with Gasteiger partial charge in [0.2, 0.25) is 0 Å². The number of nitrogens with zero attached hydrogens (tertiary/aromatic N) is 2. The van der Waals surface area contributed by atoms with Gasteiger partial charge in [0.25, 0.3) is 0 Å². The molecular formula is C9H16N4. The van der Waals surface area contributed by atoms with Crippen molar-refractivity contribution in [2.75, 3.05) is 19.6 Å². The lowest BCUT2D eigenvalue weighted by atomic mass is 10.2. The fraction of sp³-hybridized carbons (Fsp3) is 0.667. The maximum absolute atomic E-state index is 3.92. The Morgan fingerprint density at radius 1 is 1.46 bits per heavy atom. The van der Waals surface area contributed by atoms with Crippen LogP contribution in [0.15, 0.2) is 12.4 Å². The van der Waals surface area contributed by atoms with Gasteiger partial charge in [0.1, 0.15) is 0 Å². The van der Waals surface area contributed by atoms with Gasteiger partial charge in [-0.05, 0) is 24.8 Å². The summed E-state index contributed by atoms with van der Waals surface area (Å²) < 4.78 is 0. The normalized spacial score (nSPS) is 19.1. The molecule has 1 aliphatic rings. The van der Waals surface area contributed by atoms with E-state index < -0.39 is 0 Å². The van der Waals surface area contributed by atoms with Crippen molar-refractivity contribution in [3.05, 3.63) is 18.0 Å². The summed E-state index contributed by atoms with van der Waals surface area (Å²) in [6.45, 7) is 3.39. The Morgan fingerprint density at radius 3 is 3.15 bits per heavy atom. The Kier molecular flexibility index (Phi) is 2.94. The zero-order valence-corrected chi connectivity index (χ0v) is 7.79. The fourth-order valence-electron chi connectivity index (χ4n) is 1.61. The average molecular weight is 180 g/mol. The molecule has 1 aliphatic heterocycles. The van der Waals surface area contributed by atoms with Gasteiger partial charge in [-0.3, -0.25) is 10.5 Å². The fourth-order valence-corrected chi connectivity index (χ4v) is 1.61. The lowest BCUT2D eigenvalue weighted by molar-refractivity contribution is 0.155. The Labute approximate surface area is 78.3 Å². The van der Waals surface area contributed by atoms with Gasteiger partial charge in [-0.25, -0.2) is 5.01 Å². The average Bonchev–Trinajstić information content (AvgIpc) is 2.69. The summed E-state index contributed by atoms with van der Waals surface area (Å²) >= 11 is 0. The maximum Gasteiger partial charge on any atom is 0.0519 e. The van der Waals surface area contributed by atoms with Crippen molar-refractivity contribution in [1.82, 2.24) is 20.6 Å². The lowest BCUT2D eigenvalue weighted by Gasteiger charge is -2.27. The smallest absolute Gasteiger partial charge is 0.0519 e. The maximum atomic E-state index is 3.92. The zero-order valence-electron chi connectivity index (χ0n) is 7.79. The number of hydrogen-bond donors (Lipinski definition) is 2. The second-order valence-corrected chi connectivity index (χ2v) is 3.46. The third-order valence-electron chi connectivity index (χ3n) is 2.42. The first-order valence-corrected chi connectivity index (χ1v) is 4.91. The van der Waals surface area contributed by atoms with Crippen molar-refractivity contribution >= 4 is 0 Å². The molecule has 0 atom stereocenters. The van der Waals surface area contributed by atoms with E-state index in [1.54, 1.807) is 0 Å². The molecule has 2 N–H and O–H groups in total. The Balaban J connectivity index is 1.72. The Bertz CT molecular complexity index is 226. The predicted octanol–water partition coefficient (Wildman–Crippen LogP) is 0.553. The third kappa shape index (κ3) is 2.54. The largest absolute Gasteiger partial charge is 0.285 e. The van der Waals surface area contributed by atoms with Gasteiger partial charge in [0.05, 0.1) is 6.20 Å². The number of hydrazine groups is 1. The molecule has 0 bridgehead atoms. The highest BCUT2D eigenvalue weighted by Gasteiger charge is 2.08. The molecular weight excluding hydrogens is 164 g/mol. The van der Waals surface area contributed by atoms with Crippen LogP contribution in [0.1, 0.15) is 18.4 Å². The van der Waals surface area contributed by atoms with Crippen LogP contribution in [0, 0.1) is 0 Å². The molecule has 0 radical (unpaired) electrons. The lowest BCUT2D eigenvalue weighted by Crippen LogP contribution is -2.44. The van der Waals surface area contributed by atoms with Crippen LogP contribution in [-0.4, -0.2) is 34.8 Å². The van der Waals surface area contributed by atoms with E-state index in [-0.39, 0.29) is 0 Å². The molecule has 0 aliphatic carbocycles. The molecule has 0 saturated carbocycles. The minimum Gasteiger partial charge on any atom is -0.285 e. The van der Waals surface area contributed by atoms with Crippen LogP contribution >= 0.6 is 0 Å². The molecule has 4 heteroatoms. The van der Waals surface area contributed by atoms with E-state index >= 15 is 0 Å². The molecule has 1 fully saturated rings. The molecule has 1 aromatic heterocycles. The standard InChI is InChI=1S/C9H16N4/c1-2-5-13(12-4-1)6-3-9-7-10-11-8-9/h7-8,12H,1-6H2,(H,10,11). The molecule has 1 aromatic rings. The molecule has 0 spiro atoms. The van der Waals surface area contributed by atoms with Crippen molar-refractivity contribution < 1.29 is 0 Å². The monoisotopic (exact) mass is 180 g/mol. The van der Waals surface area contributed by atoms with Crippen molar-refractivity contribution in [3.8, 4) is 0 Å². The SMILES string of the molecule is c1n[nH]cc1CCN1CCCCN1. The summed E-state index contributed by atoms with van der Waals surface area (Å²) in [7, 11) is 0. The summed E-state index contributed by atoms with van der Waals surface area (Å²) in [6.07, 6.45) is 7.55. The minimum absolute atomic E-state index is 1.07. The molecule has 13 heavy (non-hydrogen) atoms. The molecule has 0 aromatic carbocycles. The van der Waals surface area contributed by atoms with Crippen molar-refractivity contribution in [2.24, 2.45) is 0 Å². The van der Waals surface area contributed by atoms with E-state index in [0.717, 1.165) is 19.5 Å². The van der Waals surface area contributed by atoms with E-state index in [2.05, 4.69) is 20.6 Å². The highest BCUT2D eigenvalue weighted by Crippen LogP contribution is 2.02. The molecule has 1 saturated heterocycles. The summed E-state index contributed by atoms with van der Waals surface area (Å²) in [6, 6.07) is 0. The van der Waals surface area contributed by atoms with Crippen LogP contribution in [0.2, 0.25) is 0 Å². The van der Waals surface area contributed by atoms with E-state index in [9.17, 15) is 0 Å². The number of aromatic amines is 1. The second kappa shape index (κ2) is 4.39. The van der Waals surface area contributed by atoms with Crippen LogP contribution in [0.4, 0.5) is 0 Å². The number of H-pyrrole nitrogens is 1. The summed E-state index contributed by atoms with van der Waals surface area (Å²) in [4.78, 5) is 0. The summed E-state index contributed by atoms with van der Waals surface area (Å²) in [5.74, 6) is 0. The first kappa shape index (κ1) is 8.72. The van der Waals surface area contributed by atoms with Gasteiger partial charge in [0.15, 0.2) is 0 Å². The van der Waals surface area contributed by atoms with E-state index in [1.807, 2.05) is 12.4 Å². The van der Waals surface area contributed by atoms with Crippen molar-refractivity contribution in [2.45, 2.75) is 19.3 Å². The van der Waals surface area contributed by atoms with Crippen LogP contribution in [0.5, 0.6) is 0 Å². The van der Waals surface area contributed by atoms with Crippen molar-refractivity contribution in [3.63, 3.8) is 0 Å². The zero-order chi connectivity index (χ0) is 8.93. The van der Waals surface area contributed by atoms with E-state index in [0.29, 0.717) is 0 Å².